The lowest BCUT2D eigenvalue weighted by atomic mass is 9.94. The number of aromatic nitrogens is 3. The fourth-order valence-corrected chi connectivity index (χ4v) is 6.43. The van der Waals surface area contributed by atoms with E-state index in [0.717, 1.165) is 17.7 Å². The lowest BCUT2D eigenvalue weighted by molar-refractivity contribution is -0.126. The Kier molecular flexibility index (Phi) is 7.20. The summed E-state index contributed by atoms with van der Waals surface area (Å²) in [6, 6.07) is 5.34. The van der Waals surface area contributed by atoms with Gasteiger partial charge in [-0.2, -0.15) is 4.98 Å². The van der Waals surface area contributed by atoms with Crippen molar-refractivity contribution < 1.29 is 18.3 Å². The molecule has 11 heteroatoms. The van der Waals surface area contributed by atoms with Crippen molar-refractivity contribution in [1.29, 1.82) is 0 Å². The summed E-state index contributed by atoms with van der Waals surface area (Å²) in [5.41, 5.74) is 1.95. The van der Waals surface area contributed by atoms with Crippen LogP contribution >= 0.6 is 11.6 Å². The van der Waals surface area contributed by atoms with Crippen LogP contribution in [-0.2, 0) is 11.4 Å². The van der Waals surface area contributed by atoms with Crippen LogP contribution in [0.25, 0.3) is 27.7 Å². The van der Waals surface area contributed by atoms with Crippen LogP contribution in [0.1, 0.15) is 43.5 Å². The van der Waals surface area contributed by atoms with Gasteiger partial charge in [-0.15, -0.1) is 0 Å². The maximum absolute atomic E-state index is 15.4. The van der Waals surface area contributed by atoms with Crippen molar-refractivity contribution in [3.8, 4) is 22.6 Å². The first kappa shape index (κ1) is 28.8. The first-order valence-electron chi connectivity index (χ1n) is 14.1. The number of hydrogen-bond donors (Lipinski definition) is 0. The molecule has 1 saturated heterocycles. The molecule has 2 aliphatic heterocycles. The smallest absolute Gasteiger partial charge is 0.354 e. The van der Waals surface area contributed by atoms with E-state index < -0.39 is 17.3 Å². The van der Waals surface area contributed by atoms with Crippen LogP contribution in [0, 0.1) is 18.6 Å². The Balaban J connectivity index is 1.71. The topological polar surface area (TPSA) is 80.6 Å². The van der Waals surface area contributed by atoms with Crippen LogP contribution in [0.3, 0.4) is 0 Å². The number of halogens is 3. The summed E-state index contributed by atoms with van der Waals surface area (Å²) in [4.78, 5) is 39.3. The minimum Gasteiger partial charge on any atom is -0.486 e. The lowest BCUT2D eigenvalue weighted by Gasteiger charge is -2.40. The Labute approximate surface area is 252 Å². The number of anilines is 1. The zero-order chi connectivity index (χ0) is 30.7. The van der Waals surface area contributed by atoms with Crippen LogP contribution < -0.4 is 15.3 Å². The molecule has 4 heterocycles. The molecule has 43 heavy (non-hydrogen) atoms. The van der Waals surface area contributed by atoms with E-state index >= 15 is 4.39 Å². The van der Waals surface area contributed by atoms with E-state index in [-0.39, 0.29) is 51.9 Å². The molecule has 2 aromatic heterocycles. The average molecular weight is 606 g/mol. The fourth-order valence-electron chi connectivity index (χ4n) is 6.14. The molecule has 2 aromatic carbocycles. The summed E-state index contributed by atoms with van der Waals surface area (Å²) in [5.74, 6) is -0.971. The number of piperazine rings is 1. The van der Waals surface area contributed by atoms with Crippen molar-refractivity contribution in [1.82, 2.24) is 19.4 Å². The second kappa shape index (κ2) is 10.8. The predicted octanol–water partition coefficient (Wildman–Crippen LogP) is 5.93. The van der Waals surface area contributed by atoms with Gasteiger partial charge >= 0.3 is 5.69 Å². The number of carbonyl (C=O) groups is 1. The molecule has 0 N–H and O–H groups in total. The SMILES string of the molecule is C=CC(=O)N1CCN(c2nc(=O)n(-c3c(C)ccnc3C(C)C)c3c4c(c(Cl)cc23)-c2c(F)ccc(F)c2CO4)[C@@H](C)C1. The molecule has 6 rings (SSSR count). The minimum absolute atomic E-state index is 0.00224. The van der Waals surface area contributed by atoms with Gasteiger partial charge in [-0.05, 0) is 55.7 Å². The van der Waals surface area contributed by atoms with Crippen molar-refractivity contribution in [2.45, 2.75) is 46.3 Å². The second-order valence-electron chi connectivity index (χ2n) is 11.2. The molecule has 0 aliphatic carbocycles. The van der Waals surface area contributed by atoms with Crippen molar-refractivity contribution in [3.05, 3.63) is 87.1 Å². The van der Waals surface area contributed by atoms with Gasteiger partial charge in [0.1, 0.15) is 29.6 Å². The van der Waals surface area contributed by atoms with Gasteiger partial charge < -0.3 is 14.5 Å². The minimum atomic E-state index is -0.651. The third-order valence-corrected chi connectivity index (χ3v) is 8.49. The standard InChI is InChI=1S/C32H30ClF2N5O3/c1-6-24(41)38-11-12-39(18(5)14-38)31-19-13-21(33)26-25-20(22(34)7-8-23(25)35)15-43-30(26)29(19)40(32(42)37-31)28-17(4)9-10-36-27(28)16(2)3/h6-10,13,16,18H,1,11-12,14-15H2,2-5H3/t18-/m0/s1. The van der Waals surface area contributed by atoms with Gasteiger partial charge in [-0.1, -0.05) is 32.0 Å². The molecule has 222 valence electrons. The van der Waals surface area contributed by atoms with E-state index in [1.165, 1.54) is 10.6 Å². The highest BCUT2D eigenvalue weighted by molar-refractivity contribution is 6.35. The van der Waals surface area contributed by atoms with Crippen LogP contribution in [0.15, 0.2) is 47.9 Å². The van der Waals surface area contributed by atoms with E-state index in [4.69, 9.17) is 16.3 Å². The van der Waals surface area contributed by atoms with Crippen LogP contribution in [0.2, 0.25) is 5.02 Å². The summed E-state index contributed by atoms with van der Waals surface area (Å²) in [7, 11) is 0. The van der Waals surface area contributed by atoms with Gasteiger partial charge in [0.05, 0.1) is 16.4 Å². The van der Waals surface area contributed by atoms with Gasteiger partial charge in [0, 0.05) is 53.9 Å². The van der Waals surface area contributed by atoms with Gasteiger partial charge in [0.25, 0.3) is 0 Å². The van der Waals surface area contributed by atoms with Crippen molar-refractivity contribution in [3.63, 3.8) is 0 Å². The van der Waals surface area contributed by atoms with Crippen molar-refractivity contribution in [2.75, 3.05) is 24.5 Å². The highest BCUT2D eigenvalue weighted by Crippen LogP contribution is 2.50. The fraction of sp³-hybridized carbons (Fsp3) is 0.312. The highest BCUT2D eigenvalue weighted by Gasteiger charge is 2.34. The summed E-state index contributed by atoms with van der Waals surface area (Å²) in [6.07, 6.45) is 2.97. The monoisotopic (exact) mass is 605 g/mol. The highest BCUT2D eigenvalue weighted by atomic mass is 35.5. The molecule has 4 aromatic rings. The molecule has 0 spiro atoms. The Morgan fingerprint density at radius 3 is 2.63 bits per heavy atom. The summed E-state index contributed by atoms with van der Waals surface area (Å²) < 4.78 is 37.9. The number of pyridine rings is 1. The number of amides is 1. The number of aryl methyl sites for hydroxylation is 1. The molecular formula is C32H30ClF2N5O3. The number of benzene rings is 2. The predicted molar refractivity (Wildman–Crippen MR) is 162 cm³/mol. The first-order chi connectivity index (χ1) is 20.5. The van der Waals surface area contributed by atoms with Crippen LogP contribution in [0.5, 0.6) is 5.75 Å². The maximum atomic E-state index is 15.4. The zero-order valence-electron chi connectivity index (χ0n) is 24.2. The Morgan fingerprint density at radius 1 is 1.19 bits per heavy atom. The molecule has 8 nitrogen and oxygen atoms in total. The summed E-state index contributed by atoms with van der Waals surface area (Å²) in [5, 5.41) is 0.623. The van der Waals surface area contributed by atoms with Crippen molar-refractivity contribution >= 4 is 34.2 Å². The molecule has 0 saturated carbocycles. The molecule has 1 fully saturated rings. The maximum Gasteiger partial charge on any atom is 0.354 e. The summed E-state index contributed by atoms with van der Waals surface area (Å²) >= 11 is 6.88. The largest absolute Gasteiger partial charge is 0.486 e. The number of nitrogens with zero attached hydrogens (tertiary/aromatic N) is 5. The summed E-state index contributed by atoms with van der Waals surface area (Å²) in [6.45, 7) is 12.3. The van der Waals surface area contributed by atoms with Gasteiger partial charge in [-0.3, -0.25) is 14.3 Å². The lowest BCUT2D eigenvalue weighted by Crippen LogP contribution is -2.54. The van der Waals surface area contributed by atoms with Crippen LogP contribution in [-0.4, -0.2) is 51.0 Å². The van der Waals surface area contributed by atoms with Crippen LogP contribution in [0.4, 0.5) is 14.6 Å². The third-order valence-electron chi connectivity index (χ3n) is 8.19. The normalized spacial score (nSPS) is 16.2. The molecule has 0 unspecified atom stereocenters. The van der Waals surface area contributed by atoms with E-state index in [9.17, 15) is 14.0 Å². The Bertz CT molecular complexity index is 1890. The van der Waals surface area contributed by atoms with Crippen molar-refractivity contribution in [2.24, 2.45) is 0 Å². The first-order valence-corrected chi connectivity index (χ1v) is 14.4. The van der Waals surface area contributed by atoms with Gasteiger partial charge in [0.15, 0.2) is 5.75 Å². The van der Waals surface area contributed by atoms with E-state index in [2.05, 4.69) is 16.5 Å². The molecule has 1 amide bonds. The number of carbonyl (C=O) groups excluding carboxylic acids is 1. The van der Waals surface area contributed by atoms with Gasteiger partial charge in [-0.25, -0.2) is 13.6 Å². The number of ether oxygens (including phenoxy) is 1. The zero-order valence-corrected chi connectivity index (χ0v) is 25.0. The number of rotatable bonds is 4. The second-order valence-corrected chi connectivity index (χ2v) is 11.6. The molecular weight excluding hydrogens is 576 g/mol. The third kappa shape index (κ3) is 4.55. The van der Waals surface area contributed by atoms with E-state index in [0.29, 0.717) is 47.7 Å². The Hall–Kier alpha value is -4.31. The average Bonchev–Trinajstić information content (AvgIpc) is 2.98. The number of fused-ring (bicyclic) bond motifs is 5. The van der Waals surface area contributed by atoms with E-state index in [1.54, 1.807) is 23.2 Å². The Morgan fingerprint density at radius 2 is 1.93 bits per heavy atom. The molecule has 2 aliphatic rings. The molecule has 0 bridgehead atoms. The number of hydrogen-bond acceptors (Lipinski definition) is 6. The van der Waals surface area contributed by atoms with E-state index in [1.807, 2.05) is 32.6 Å². The molecule has 0 radical (unpaired) electrons. The molecule has 1 atom stereocenters. The van der Waals surface area contributed by atoms with Gasteiger partial charge in [0.2, 0.25) is 5.91 Å². The quantitative estimate of drug-likeness (QED) is 0.269.